The molecule has 1 aromatic rings. The van der Waals surface area contributed by atoms with E-state index in [1.807, 2.05) is 0 Å². The smallest absolute Gasteiger partial charge is 0.188 e. The van der Waals surface area contributed by atoms with Crippen molar-refractivity contribution in [1.82, 2.24) is 4.90 Å². The van der Waals surface area contributed by atoms with Crippen LogP contribution in [0.2, 0.25) is 0 Å². The quantitative estimate of drug-likeness (QED) is 0.790. The predicted molar refractivity (Wildman–Crippen MR) is 77.7 cm³/mol. The highest BCUT2D eigenvalue weighted by atomic mass is 35.5. The number of benzene rings is 1. The fourth-order valence-electron chi connectivity index (χ4n) is 1.86. The van der Waals surface area contributed by atoms with Crippen molar-refractivity contribution in [2.24, 2.45) is 0 Å². The highest BCUT2D eigenvalue weighted by molar-refractivity contribution is 6.32. The molecule has 0 aliphatic carbocycles. The van der Waals surface area contributed by atoms with Crippen molar-refractivity contribution in [3.05, 3.63) is 59.0 Å². The Labute approximate surface area is 122 Å². The first-order valence-electron chi connectivity index (χ1n) is 5.96. The number of methoxy groups -OCH3 is 1. The molecule has 0 N–H and O–H groups in total. The van der Waals surface area contributed by atoms with E-state index in [9.17, 15) is 4.39 Å². The van der Waals surface area contributed by atoms with Gasteiger partial charge in [0.1, 0.15) is 11.6 Å². The summed E-state index contributed by atoms with van der Waals surface area (Å²) in [6.07, 6.45) is 3.46. The van der Waals surface area contributed by atoms with Crippen molar-refractivity contribution in [3.8, 4) is 5.75 Å². The number of hydrogen-bond donors (Lipinski definition) is 0. The molecule has 1 aromatic carbocycles. The van der Waals surface area contributed by atoms with Crippen LogP contribution in [0, 0.1) is 5.82 Å². The van der Waals surface area contributed by atoms with Gasteiger partial charge < -0.3 is 14.4 Å². The molecule has 0 spiro atoms. The molecule has 0 aromatic heterocycles. The van der Waals surface area contributed by atoms with Gasteiger partial charge in [0.05, 0.1) is 16.4 Å². The summed E-state index contributed by atoms with van der Waals surface area (Å²) < 4.78 is 24.2. The fourth-order valence-corrected chi connectivity index (χ4v) is 2.05. The summed E-state index contributed by atoms with van der Waals surface area (Å²) in [5.41, 5.74) is 1.78. The summed E-state index contributed by atoms with van der Waals surface area (Å²) in [7, 11) is 3.30. The van der Waals surface area contributed by atoms with E-state index in [2.05, 4.69) is 6.58 Å². The highest BCUT2D eigenvalue weighted by Crippen LogP contribution is 2.32. The highest BCUT2D eigenvalue weighted by Gasteiger charge is 2.19. The van der Waals surface area contributed by atoms with Crippen LogP contribution in [0.15, 0.2) is 47.7 Å². The molecule has 1 aliphatic heterocycles. The van der Waals surface area contributed by atoms with E-state index >= 15 is 0 Å². The summed E-state index contributed by atoms with van der Waals surface area (Å²) >= 11 is 5.98. The average molecular weight is 296 g/mol. The van der Waals surface area contributed by atoms with Crippen molar-refractivity contribution in [3.63, 3.8) is 0 Å². The molecule has 5 heteroatoms. The van der Waals surface area contributed by atoms with E-state index in [0.717, 1.165) is 0 Å². The van der Waals surface area contributed by atoms with Crippen molar-refractivity contribution < 1.29 is 13.9 Å². The minimum Gasteiger partial charge on any atom is -0.467 e. The Morgan fingerprint density at radius 1 is 1.35 bits per heavy atom. The molecule has 1 heterocycles. The van der Waals surface area contributed by atoms with Gasteiger partial charge in [-0.1, -0.05) is 18.2 Å². The standard InChI is InChI=1S/C15H15ClFNO2/c1-10-13(16)6-7-15(18(10)2)12-5-4-11(8-14(12)17)20-9-19-3/h4-8H,1,9H2,2-3H3. The molecular formula is C15H15ClFNO2. The normalized spacial score (nSPS) is 15.0. The van der Waals surface area contributed by atoms with E-state index in [0.29, 0.717) is 27.7 Å². The van der Waals surface area contributed by atoms with Gasteiger partial charge in [0.25, 0.3) is 0 Å². The number of nitrogens with zero attached hydrogens (tertiary/aromatic N) is 1. The maximum absolute atomic E-state index is 14.2. The van der Waals surface area contributed by atoms with Crippen LogP contribution in [0.5, 0.6) is 5.75 Å². The molecule has 0 saturated carbocycles. The largest absolute Gasteiger partial charge is 0.467 e. The lowest BCUT2D eigenvalue weighted by atomic mass is 10.1. The van der Waals surface area contributed by atoms with Crippen molar-refractivity contribution in [2.75, 3.05) is 21.0 Å². The van der Waals surface area contributed by atoms with Crippen LogP contribution in [0.3, 0.4) is 0 Å². The lowest BCUT2D eigenvalue weighted by Crippen LogP contribution is -2.18. The van der Waals surface area contributed by atoms with E-state index in [-0.39, 0.29) is 12.6 Å². The molecule has 0 amide bonds. The zero-order valence-corrected chi connectivity index (χ0v) is 12.1. The maximum atomic E-state index is 14.2. The number of rotatable bonds is 4. The Morgan fingerprint density at radius 2 is 2.10 bits per heavy atom. The van der Waals surface area contributed by atoms with Gasteiger partial charge in [-0.25, -0.2) is 4.39 Å². The Hall–Kier alpha value is -1.78. The minimum absolute atomic E-state index is 0.0799. The van der Waals surface area contributed by atoms with Gasteiger partial charge in [-0.05, 0) is 24.3 Å². The van der Waals surface area contributed by atoms with E-state index in [1.54, 1.807) is 36.2 Å². The summed E-state index contributed by atoms with van der Waals surface area (Å²) in [5.74, 6) is 0.0375. The number of likely N-dealkylation sites (N-methyl/N-ethyl adjacent to an activating group) is 1. The van der Waals surface area contributed by atoms with Crippen LogP contribution in [0.4, 0.5) is 4.39 Å². The molecule has 0 unspecified atom stereocenters. The number of allylic oxidation sites excluding steroid dienone is 3. The first-order chi connectivity index (χ1) is 9.54. The summed E-state index contributed by atoms with van der Waals surface area (Å²) in [6, 6.07) is 4.67. The van der Waals surface area contributed by atoms with Crippen LogP contribution in [-0.4, -0.2) is 25.9 Å². The molecular weight excluding hydrogens is 281 g/mol. The van der Waals surface area contributed by atoms with Crippen LogP contribution in [-0.2, 0) is 4.74 Å². The van der Waals surface area contributed by atoms with Crippen LogP contribution < -0.4 is 4.74 Å². The minimum atomic E-state index is -0.379. The first kappa shape index (κ1) is 14.6. The molecule has 0 saturated heterocycles. The van der Waals surface area contributed by atoms with Gasteiger partial charge >= 0.3 is 0 Å². The van der Waals surface area contributed by atoms with Gasteiger partial charge in [-0.3, -0.25) is 0 Å². The van der Waals surface area contributed by atoms with Crippen molar-refractivity contribution in [1.29, 1.82) is 0 Å². The maximum Gasteiger partial charge on any atom is 0.188 e. The third-order valence-corrected chi connectivity index (χ3v) is 3.33. The van der Waals surface area contributed by atoms with Crippen molar-refractivity contribution in [2.45, 2.75) is 0 Å². The lowest BCUT2D eigenvalue weighted by molar-refractivity contribution is 0.0509. The number of halogens is 2. The topological polar surface area (TPSA) is 21.7 Å². The second-order valence-electron chi connectivity index (χ2n) is 4.26. The third kappa shape index (κ3) is 2.86. The molecule has 0 radical (unpaired) electrons. The summed E-state index contributed by atoms with van der Waals surface area (Å²) in [5, 5.41) is 0.539. The Bertz CT molecular complexity index is 596. The van der Waals surface area contributed by atoms with E-state index < -0.39 is 0 Å². The molecule has 1 aliphatic rings. The zero-order valence-electron chi connectivity index (χ0n) is 11.3. The fraction of sp³-hybridized carbons (Fsp3) is 0.200. The summed E-state index contributed by atoms with van der Waals surface area (Å²) in [6.45, 7) is 3.94. The first-order valence-corrected chi connectivity index (χ1v) is 6.34. The Balaban J connectivity index is 2.32. The van der Waals surface area contributed by atoms with Gasteiger partial charge in [-0.15, -0.1) is 0 Å². The van der Waals surface area contributed by atoms with Crippen LogP contribution >= 0.6 is 11.6 Å². The monoisotopic (exact) mass is 295 g/mol. The molecule has 0 bridgehead atoms. The molecule has 2 rings (SSSR count). The average Bonchev–Trinajstić information content (AvgIpc) is 2.44. The number of hydrogen-bond acceptors (Lipinski definition) is 3. The predicted octanol–water partition coefficient (Wildman–Crippen LogP) is 3.73. The van der Waals surface area contributed by atoms with Gasteiger partial charge in [0.15, 0.2) is 6.79 Å². The Kier molecular flexibility index (Phi) is 4.47. The molecule has 106 valence electrons. The van der Waals surface area contributed by atoms with Crippen LogP contribution in [0.25, 0.3) is 5.70 Å². The van der Waals surface area contributed by atoms with Gasteiger partial charge in [0.2, 0.25) is 0 Å². The molecule has 0 fully saturated rings. The lowest BCUT2D eigenvalue weighted by Gasteiger charge is -2.27. The molecule has 20 heavy (non-hydrogen) atoms. The van der Waals surface area contributed by atoms with Gasteiger partial charge in [0, 0.05) is 25.8 Å². The van der Waals surface area contributed by atoms with Gasteiger partial charge in [-0.2, -0.15) is 0 Å². The molecule has 0 atom stereocenters. The zero-order chi connectivity index (χ0) is 14.7. The van der Waals surface area contributed by atoms with E-state index in [1.165, 1.54) is 13.2 Å². The summed E-state index contributed by atoms with van der Waals surface area (Å²) in [4.78, 5) is 1.75. The second-order valence-corrected chi connectivity index (χ2v) is 4.67. The van der Waals surface area contributed by atoms with Crippen molar-refractivity contribution >= 4 is 17.3 Å². The van der Waals surface area contributed by atoms with Crippen LogP contribution in [0.1, 0.15) is 5.56 Å². The Morgan fingerprint density at radius 3 is 2.75 bits per heavy atom. The number of ether oxygens (including phenoxy) is 2. The second kappa shape index (κ2) is 6.11. The molecule has 3 nitrogen and oxygen atoms in total. The SMILES string of the molecule is C=C1C(Cl)=CC=C(c2ccc(OCOC)cc2F)N1C. The van der Waals surface area contributed by atoms with E-state index in [4.69, 9.17) is 21.1 Å². The third-order valence-electron chi connectivity index (χ3n) is 2.99.